The van der Waals surface area contributed by atoms with Crippen molar-refractivity contribution < 1.29 is 52.2 Å². The number of alkyl carbamates (subject to hydrolysis) is 2. The van der Waals surface area contributed by atoms with Gasteiger partial charge in [0.1, 0.15) is 12.2 Å². The molecule has 0 fully saturated rings. The number of hydrogen-bond donors (Lipinski definition) is 2. The van der Waals surface area contributed by atoms with E-state index in [2.05, 4.69) is 34.9 Å². The zero-order valence-corrected chi connectivity index (χ0v) is 29.9. The van der Waals surface area contributed by atoms with Crippen molar-refractivity contribution in [1.82, 2.24) is 10.6 Å². The number of ether oxygens (including phenoxy) is 9. The highest BCUT2D eigenvalue weighted by atomic mass is 16.6. The Hall–Kier alpha value is -3.30. The maximum absolute atomic E-state index is 12.3. The molecule has 0 bridgehead atoms. The van der Waals surface area contributed by atoms with Gasteiger partial charge in [-0.05, 0) is 49.4 Å². The third-order valence-electron chi connectivity index (χ3n) is 7.23. The maximum Gasteiger partial charge on any atom is 0.407 e. The lowest BCUT2D eigenvalue weighted by atomic mass is 9.98. The van der Waals surface area contributed by atoms with Crippen LogP contribution < -0.4 is 10.6 Å². The largest absolute Gasteiger partial charge is 0.449 e. The van der Waals surface area contributed by atoms with Gasteiger partial charge in [0.2, 0.25) is 0 Å². The standard InChI is InChI=1S/C37H56N2O11/c1-37(2,3)50-36(41)39-14-16-43-18-20-45-22-24-47-26-28-48-27-25-46-23-21-44-19-17-42-15-8-13-38-35(40)49-29-34-32-11-6-4-9-30(32)31-10-5-7-12-33(31)34/h4-7,9-12,34H,8,13-29H2,1-3H3,(H,38,40)(H,39,41). The SMILES string of the molecule is CC(C)(C)OC(=O)NCCOCCOCCOCCOCCOCCOCCOCCCNC(=O)OCC1c2ccccc2-c2ccccc21. The van der Waals surface area contributed by atoms with Gasteiger partial charge in [-0.1, -0.05) is 48.5 Å². The van der Waals surface area contributed by atoms with E-state index in [4.69, 9.17) is 42.6 Å². The Morgan fingerprint density at radius 1 is 0.540 bits per heavy atom. The van der Waals surface area contributed by atoms with Crippen molar-refractivity contribution in [3.05, 3.63) is 59.7 Å². The Balaban J connectivity index is 0.988. The molecule has 1 aliphatic carbocycles. The summed E-state index contributed by atoms with van der Waals surface area (Å²) in [7, 11) is 0. The molecule has 280 valence electrons. The topological polar surface area (TPSA) is 141 Å². The Morgan fingerprint density at radius 3 is 1.40 bits per heavy atom. The molecule has 2 amide bonds. The zero-order chi connectivity index (χ0) is 35.7. The third kappa shape index (κ3) is 17.6. The van der Waals surface area contributed by atoms with Crippen LogP contribution in [0.25, 0.3) is 11.1 Å². The minimum absolute atomic E-state index is 0.0480. The van der Waals surface area contributed by atoms with Crippen LogP contribution in [0.5, 0.6) is 0 Å². The summed E-state index contributed by atoms with van der Waals surface area (Å²) in [5.41, 5.74) is 4.28. The number of carbonyl (C=O) groups excluding carboxylic acids is 2. The molecule has 0 unspecified atom stereocenters. The van der Waals surface area contributed by atoms with Crippen molar-refractivity contribution in [3.63, 3.8) is 0 Å². The van der Waals surface area contributed by atoms with E-state index >= 15 is 0 Å². The minimum atomic E-state index is -0.515. The monoisotopic (exact) mass is 704 g/mol. The molecule has 2 aromatic rings. The van der Waals surface area contributed by atoms with Crippen LogP contribution in [0.4, 0.5) is 9.59 Å². The number of fused-ring (bicyclic) bond motifs is 3. The Labute approximate surface area is 296 Å². The zero-order valence-electron chi connectivity index (χ0n) is 29.9. The van der Waals surface area contributed by atoms with E-state index in [1.807, 2.05) is 45.0 Å². The highest BCUT2D eigenvalue weighted by molar-refractivity contribution is 5.79. The van der Waals surface area contributed by atoms with Crippen LogP contribution in [0.2, 0.25) is 0 Å². The average molecular weight is 705 g/mol. The Kier molecular flexibility index (Phi) is 20.4. The molecule has 0 aromatic heterocycles. The molecule has 0 saturated carbocycles. The number of nitrogens with one attached hydrogen (secondary N) is 2. The smallest absolute Gasteiger partial charge is 0.407 e. The van der Waals surface area contributed by atoms with Crippen LogP contribution in [-0.2, 0) is 42.6 Å². The fourth-order valence-corrected chi connectivity index (χ4v) is 4.98. The van der Waals surface area contributed by atoms with Gasteiger partial charge in [0.05, 0.1) is 85.9 Å². The second kappa shape index (κ2) is 24.8. The molecular formula is C37H56N2O11. The molecule has 13 heteroatoms. The molecular weight excluding hydrogens is 648 g/mol. The van der Waals surface area contributed by atoms with E-state index in [1.54, 1.807) is 0 Å². The van der Waals surface area contributed by atoms with E-state index in [0.717, 1.165) is 0 Å². The van der Waals surface area contributed by atoms with Crippen LogP contribution in [-0.4, -0.2) is 130 Å². The van der Waals surface area contributed by atoms with E-state index in [9.17, 15) is 9.59 Å². The molecule has 13 nitrogen and oxygen atoms in total. The fourth-order valence-electron chi connectivity index (χ4n) is 4.98. The first kappa shape index (κ1) is 41.1. The normalized spacial score (nSPS) is 12.4. The van der Waals surface area contributed by atoms with Crippen LogP contribution in [0, 0.1) is 0 Å². The van der Waals surface area contributed by atoms with Crippen LogP contribution >= 0.6 is 0 Å². The van der Waals surface area contributed by atoms with Gasteiger partial charge in [-0.15, -0.1) is 0 Å². The van der Waals surface area contributed by atoms with Crippen LogP contribution in [0.1, 0.15) is 44.2 Å². The molecule has 0 aliphatic heterocycles. The third-order valence-corrected chi connectivity index (χ3v) is 7.23. The average Bonchev–Trinajstić information content (AvgIpc) is 3.41. The minimum Gasteiger partial charge on any atom is -0.449 e. The number of amides is 2. The van der Waals surface area contributed by atoms with Gasteiger partial charge in [0.15, 0.2) is 0 Å². The lowest BCUT2D eigenvalue weighted by molar-refractivity contribution is -0.0204. The van der Waals surface area contributed by atoms with Gasteiger partial charge < -0.3 is 53.3 Å². The van der Waals surface area contributed by atoms with Crippen molar-refractivity contribution in [2.75, 3.05) is 112 Å². The number of benzene rings is 2. The van der Waals surface area contributed by atoms with E-state index in [-0.39, 0.29) is 5.92 Å². The molecule has 0 saturated heterocycles. The Morgan fingerprint density at radius 2 is 0.940 bits per heavy atom. The summed E-state index contributed by atoms with van der Waals surface area (Å²) < 4.78 is 49.1. The van der Waals surface area contributed by atoms with Gasteiger partial charge in [0.25, 0.3) is 0 Å². The molecule has 0 radical (unpaired) electrons. The van der Waals surface area contributed by atoms with E-state index < -0.39 is 17.8 Å². The van der Waals surface area contributed by atoms with Crippen LogP contribution in [0.15, 0.2) is 48.5 Å². The summed E-state index contributed by atoms with van der Waals surface area (Å²) in [6.45, 7) is 13.1. The first-order valence-electron chi connectivity index (χ1n) is 17.4. The fraction of sp³-hybridized carbons (Fsp3) is 0.622. The predicted octanol–water partition coefficient (Wildman–Crippen LogP) is 4.56. The van der Waals surface area contributed by atoms with Crippen molar-refractivity contribution in [2.24, 2.45) is 0 Å². The molecule has 2 N–H and O–H groups in total. The summed E-state index contributed by atoms with van der Waals surface area (Å²) in [5.74, 6) is 0.0480. The van der Waals surface area contributed by atoms with Crippen LogP contribution in [0.3, 0.4) is 0 Å². The van der Waals surface area contributed by atoms with Gasteiger partial charge in [-0.25, -0.2) is 9.59 Å². The van der Waals surface area contributed by atoms with Crippen molar-refractivity contribution >= 4 is 12.2 Å². The molecule has 3 rings (SSSR count). The number of carbonyl (C=O) groups is 2. The van der Waals surface area contributed by atoms with Gasteiger partial charge >= 0.3 is 12.2 Å². The predicted molar refractivity (Wildman–Crippen MR) is 188 cm³/mol. The number of hydrogen-bond acceptors (Lipinski definition) is 11. The lowest BCUT2D eigenvalue weighted by Gasteiger charge is -2.19. The summed E-state index contributed by atoms with van der Waals surface area (Å²) >= 11 is 0. The lowest BCUT2D eigenvalue weighted by Crippen LogP contribution is -2.34. The first-order valence-corrected chi connectivity index (χ1v) is 17.4. The Bertz CT molecular complexity index is 1180. The summed E-state index contributed by atoms with van der Waals surface area (Å²) in [6.07, 6.45) is -0.192. The number of rotatable bonds is 27. The van der Waals surface area contributed by atoms with Gasteiger partial charge in [-0.3, -0.25) is 0 Å². The summed E-state index contributed by atoms with van der Waals surface area (Å²) in [6, 6.07) is 16.5. The van der Waals surface area contributed by atoms with Gasteiger partial charge in [-0.2, -0.15) is 0 Å². The maximum atomic E-state index is 12.3. The highest BCUT2D eigenvalue weighted by Crippen LogP contribution is 2.44. The second-order valence-corrected chi connectivity index (χ2v) is 12.3. The molecule has 0 spiro atoms. The van der Waals surface area contributed by atoms with E-state index in [0.29, 0.717) is 119 Å². The molecule has 1 aliphatic rings. The van der Waals surface area contributed by atoms with Gasteiger partial charge in [0, 0.05) is 25.6 Å². The highest BCUT2D eigenvalue weighted by Gasteiger charge is 2.29. The summed E-state index contributed by atoms with van der Waals surface area (Å²) in [4.78, 5) is 23.8. The second-order valence-electron chi connectivity index (χ2n) is 12.3. The molecule has 0 atom stereocenters. The molecule has 50 heavy (non-hydrogen) atoms. The first-order chi connectivity index (χ1) is 24.3. The van der Waals surface area contributed by atoms with Crippen molar-refractivity contribution in [2.45, 2.75) is 38.7 Å². The molecule has 0 heterocycles. The molecule has 2 aromatic carbocycles. The van der Waals surface area contributed by atoms with Crippen molar-refractivity contribution in [3.8, 4) is 11.1 Å². The van der Waals surface area contributed by atoms with E-state index in [1.165, 1.54) is 22.3 Å². The van der Waals surface area contributed by atoms with Crippen molar-refractivity contribution in [1.29, 1.82) is 0 Å². The summed E-state index contributed by atoms with van der Waals surface area (Å²) in [5, 5.41) is 5.43. The quantitative estimate of drug-likeness (QED) is 0.127.